The van der Waals surface area contributed by atoms with Gasteiger partial charge in [-0.2, -0.15) is 0 Å². The first-order valence-corrected chi connectivity index (χ1v) is 13.1. The summed E-state index contributed by atoms with van der Waals surface area (Å²) < 4.78 is 0. The zero-order valence-electron chi connectivity index (χ0n) is 20.0. The van der Waals surface area contributed by atoms with Crippen LogP contribution < -0.4 is 0 Å². The number of rotatable bonds is 5. The summed E-state index contributed by atoms with van der Waals surface area (Å²) in [5, 5.41) is 2.32. The van der Waals surface area contributed by atoms with Gasteiger partial charge >= 0.3 is 0 Å². The summed E-state index contributed by atoms with van der Waals surface area (Å²) in [5.41, 5.74) is 11.2. The SMILES string of the molecule is CCCc1scc(C2=CC3=CC4=NC(=CC5=NC(=CC6=NC(=CC2=N3)C=C6)C=C5)C=C4)c1CCC. The van der Waals surface area contributed by atoms with Gasteiger partial charge in [-0.15, -0.1) is 11.3 Å². The topological polar surface area (TPSA) is 49.4 Å². The second-order valence-electron chi connectivity index (χ2n) is 8.99. The zero-order valence-corrected chi connectivity index (χ0v) is 20.8. The van der Waals surface area contributed by atoms with E-state index in [1.165, 1.54) is 21.6 Å². The summed E-state index contributed by atoms with van der Waals surface area (Å²) in [4.78, 5) is 20.8. The normalized spacial score (nSPS) is 19.7. The Morgan fingerprint density at radius 2 is 1.17 bits per heavy atom. The molecule has 6 heterocycles. The zero-order chi connectivity index (χ0) is 23.8. The highest BCUT2D eigenvalue weighted by Gasteiger charge is 2.22. The molecule has 5 heteroatoms. The first-order valence-electron chi connectivity index (χ1n) is 12.3. The van der Waals surface area contributed by atoms with Crippen molar-refractivity contribution in [1.82, 2.24) is 0 Å². The molecule has 0 spiro atoms. The monoisotopic (exact) mass is 474 g/mol. The van der Waals surface area contributed by atoms with Crippen molar-refractivity contribution < 1.29 is 0 Å². The third kappa shape index (κ3) is 4.40. The molecule has 0 fully saturated rings. The van der Waals surface area contributed by atoms with Gasteiger partial charge in [0.1, 0.15) is 0 Å². The van der Waals surface area contributed by atoms with E-state index >= 15 is 0 Å². The van der Waals surface area contributed by atoms with E-state index in [9.17, 15) is 0 Å². The van der Waals surface area contributed by atoms with Gasteiger partial charge in [0.05, 0.1) is 45.6 Å². The average molecular weight is 475 g/mol. The number of hydrogen-bond donors (Lipinski definition) is 0. The van der Waals surface area contributed by atoms with Gasteiger partial charge in [-0.25, -0.2) is 20.0 Å². The van der Waals surface area contributed by atoms with E-state index in [2.05, 4.69) is 43.5 Å². The van der Waals surface area contributed by atoms with Crippen molar-refractivity contribution in [1.29, 1.82) is 0 Å². The first-order chi connectivity index (χ1) is 17.2. The molecule has 0 atom stereocenters. The molecule has 35 heavy (non-hydrogen) atoms. The standard InChI is InChI=1S/C30H26N4S/c1-3-5-26-28(18-35-30(26)6-4-2)27-16-25-15-23-10-9-21(32-23)13-19-7-8-20(31-19)14-22-11-12-24(33-22)17-29(27)34-25/h7-18H,3-6H2,1-2H3. The van der Waals surface area contributed by atoms with Crippen LogP contribution in [-0.2, 0) is 12.8 Å². The fourth-order valence-electron chi connectivity index (χ4n) is 4.72. The Morgan fingerprint density at radius 3 is 1.77 bits per heavy atom. The minimum Gasteiger partial charge on any atom is -0.249 e. The van der Waals surface area contributed by atoms with Crippen LogP contribution in [-0.4, -0.2) is 22.8 Å². The van der Waals surface area contributed by atoms with Crippen LogP contribution in [0.3, 0.4) is 0 Å². The molecule has 8 bridgehead atoms. The van der Waals surface area contributed by atoms with E-state index in [0.717, 1.165) is 71.3 Å². The first kappa shape index (κ1) is 21.8. The van der Waals surface area contributed by atoms with Gasteiger partial charge in [-0.05, 0) is 96.2 Å². The van der Waals surface area contributed by atoms with Crippen LogP contribution in [0.4, 0.5) is 0 Å². The molecule has 172 valence electrons. The Morgan fingerprint density at radius 1 is 0.600 bits per heavy atom. The van der Waals surface area contributed by atoms with Crippen LogP contribution in [0.25, 0.3) is 5.57 Å². The Kier molecular flexibility index (Phi) is 5.71. The molecule has 0 saturated carbocycles. The number of aliphatic imine (C=N–C) groups is 4. The number of allylic oxidation sites excluding steroid dienone is 12. The van der Waals surface area contributed by atoms with Crippen molar-refractivity contribution in [2.75, 3.05) is 0 Å². The van der Waals surface area contributed by atoms with E-state index in [-0.39, 0.29) is 0 Å². The lowest BCUT2D eigenvalue weighted by Crippen LogP contribution is -2.00. The van der Waals surface area contributed by atoms with E-state index in [0.29, 0.717) is 0 Å². The van der Waals surface area contributed by atoms with Gasteiger partial charge in [-0.1, -0.05) is 26.7 Å². The molecule has 0 unspecified atom stereocenters. The lowest BCUT2D eigenvalue weighted by atomic mass is 9.95. The van der Waals surface area contributed by atoms with Crippen LogP contribution >= 0.6 is 11.3 Å². The predicted octanol–water partition coefficient (Wildman–Crippen LogP) is 7.07. The van der Waals surface area contributed by atoms with Crippen LogP contribution in [0.5, 0.6) is 0 Å². The molecule has 5 aliphatic rings. The number of fused-ring (bicyclic) bond motifs is 4. The Hall–Kier alpha value is -3.70. The molecule has 5 aliphatic heterocycles. The quantitative estimate of drug-likeness (QED) is 0.438. The molecule has 0 radical (unpaired) electrons. The summed E-state index contributed by atoms with van der Waals surface area (Å²) in [6.45, 7) is 4.51. The molecule has 0 saturated heterocycles. The van der Waals surface area contributed by atoms with Crippen molar-refractivity contribution in [2.24, 2.45) is 20.0 Å². The van der Waals surface area contributed by atoms with E-state index < -0.39 is 0 Å². The second-order valence-corrected chi connectivity index (χ2v) is 9.96. The van der Waals surface area contributed by atoms with E-state index in [1.54, 1.807) is 0 Å². The van der Waals surface area contributed by atoms with Crippen molar-refractivity contribution in [3.8, 4) is 0 Å². The highest BCUT2D eigenvalue weighted by atomic mass is 32.1. The molecular formula is C30H26N4S. The molecular weight excluding hydrogens is 448 g/mol. The Labute approximate surface area is 210 Å². The largest absolute Gasteiger partial charge is 0.249 e. The maximum absolute atomic E-state index is 5.03. The van der Waals surface area contributed by atoms with Crippen LogP contribution in [0.15, 0.2) is 115 Å². The third-order valence-electron chi connectivity index (χ3n) is 6.29. The molecule has 0 aromatic carbocycles. The van der Waals surface area contributed by atoms with Crippen molar-refractivity contribution in [3.05, 3.63) is 111 Å². The van der Waals surface area contributed by atoms with Crippen molar-refractivity contribution in [2.45, 2.75) is 39.5 Å². The fraction of sp³-hybridized carbons (Fsp3) is 0.200. The summed E-state index contributed by atoms with van der Waals surface area (Å²) in [6.07, 6.45) is 27.1. The van der Waals surface area contributed by atoms with Crippen LogP contribution in [0, 0.1) is 0 Å². The van der Waals surface area contributed by atoms with Crippen molar-refractivity contribution in [3.63, 3.8) is 0 Å². The number of thiophene rings is 1. The number of aryl methyl sites for hydroxylation is 1. The number of hydrogen-bond acceptors (Lipinski definition) is 5. The van der Waals surface area contributed by atoms with Gasteiger partial charge in [0.25, 0.3) is 0 Å². The molecule has 0 N–H and O–H groups in total. The summed E-state index contributed by atoms with van der Waals surface area (Å²) >= 11 is 1.88. The smallest absolute Gasteiger partial charge is 0.0737 e. The van der Waals surface area contributed by atoms with Gasteiger partial charge in [0.2, 0.25) is 0 Å². The molecule has 0 aliphatic carbocycles. The van der Waals surface area contributed by atoms with Crippen molar-refractivity contribution >= 4 is 39.8 Å². The minimum atomic E-state index is 0.895. The molecule has 0 amide bonds. The highest BCUT2D eigenvalue weighted by molar-refractivity contribution is 7.10. The minimum absolute atomic E-state index is 0.895. The predicted molar refractivity (Wildman–Crippen MR) is 150 cm³/mol. The van der Waals surface area contributed by atoms with Crippen LogP contribution in [0.2, 0.25) is 0 Å². The summed E-state index contributed by atoms with van der Waals surface area (Å²) in [5.74, 6) is 0. The second kappa shape index (κ2) is 9.16. The number of nitrogens with zero attached hydrogens (tertiary/aromatic N) is 4. The van der Waals surface area contributed by atoms with Crippen LogP contribution in [0.1, 0.15) is 42.7 Å². The average Bonchev–Trinajstić information content (AvgIpc) is 3.65. The van der Waals surface area contributed by atoms with Gasteiger partial charge in [0, 0.05) is 10.5 Å². The summed E-state index contributed by atoms with van der Waals surface area (Å²) in [7, 11) is 0. The molecule has 1 aromatic heterocycles. The van der Waals surface area contributed by atoms with Gasteiger partial charge in [-0.3, -0.25) is 0 Å². The molecule has 4 nitrogen and oxygen atoms in total. The maximum atomic E-state index is 5.03. The van der Waals surface area contributed by atoms with E-state index in [1.807, 2.05) is 53.9 Å². The fourth-order valence-corrected chi connectivity index (χ4v) is 5.93. The third-order valence-corrected chi connectivity index (χ3v) is 7.38. The molecule has 1 aromatic rings. The van der Waals surface area contributed by atoms with Gasteiger partial charge < -0.3 is 0 Å². The highest BCUT2D eigenvalue weighted by Crippen LogP contribution is 2.36. The lowest BCUT2D eigenvalue weighted by molar-refractivity contribution is 0.876. The van der Waals surface area contributed by atoms with Gasteiger partial charge in [0.15, 0.2) is 0 Å². The summed E-state index contributed by atoms with van der Waals surface area (Å²) in [6, 6.07) is 0. The van der Waals surface area contributed by atoms with E-state index in [4.69, 9.17) is 20.0 Å². The molecule has 6 rings (SSSR count). The Bertz CT molecular complexity index is 1490. The lowest BCUT2D eigenvalue weighted by Gasteiger charge is -2.08. The maximum Gasteiger partial charge on any atom is 0.0737 e. The Balaban J connectivity index is 1.48.